The molecular weight excluding hydrogens is 280 g/mol. The summed E-state index contributed by atoms with van der Waals surface area (Å²) in [6, 6.07) is 4.50. The van der Waals surface area contributed by atoms with Crippen LogP contribution in [0, 0.1) is 6.92 Å². The predicted octanol–water partition coefficient (Wildman–Crippen LogP) is 1.06. The van der Waals surface area contributed by atoms with Crippen molar-refractivity contribution in [1.82, 2.24) is 0 Å². The summed E-state index contributed by atoms with van der Waals surface area (Å²) >= 11 is 0. The molecule has 20 heavy (non-hydrogen) atoms. The standard InChI is InChI=1S/C14H20O5S/c1-10-4-5-13(20(17,18)19)12(7-10)14(9-15)6-2-3-11(16)8-14/h4-5,7,11,15-16H,2-3,6,8-9H2,1H3,(H,17,18,19)/p-1. The highest BCUT2D eigenvalue weighted by atomic mass is 32.2. The number of hydrogen-bond acceptors (Lipinski definition) is 5. The van der Waals surface area contributed by atoms with Gasteiger partial charge in [0.25, 0.3) is 0 Å². The summed E-state index contributed by atoms with van der Waals surface area (Å²) in [5.74, 6) is 0. The van der Waals surface area contributed by atoms with Crippen molar-refractivity contribution in [3.8, 4) is 0 Å². The zero-order chi connectivity index (χ0) is 15.0. The van der Waals surface area contributed by atoms with Crippen LogP contribution >= 0.6 is 0 Å². The lowest BCUT2D eigenvalue weighted by Crippen LogP contribution is -2.39. The second kappa shape index (κ2) is 5.44. The van der Waals surface area contributed by atoms with Crippen LogP contribution in [0.25, 0.3) is 0 Å². The van der Waals surface area contributed by atoms with E-state index < -0.39 is 21.6 Å². The van der Waals surface area contributed by atoms with E-state index in [1.54, 1.807) is 19.1 Å². The molecule has 0 bridgehead atoms. The number of aryl methyl sites for hydroxylation is 1. The van der Waals surface area contributed by atoms with Crippen LogP contribution in [0.2, 0.25) is 0 Å². The van der Waals surface area contributed by atoms with Crippen LogP contribution in [-0.4, -0.2) is 35.9 Å². The maximum Gasteiger partial charge on any atom is 0.124 e. The molecule has 1 aliphatic rings. The largest absolute Gasteiger partial charge is 0.744 e. The van der Waals surface area contributed by atoms with Gasteiger partial charge in [-0.25, -0.2) is 8.42 Å². The molecule has 2 unspecified atom stereocenters. The molecular formula is C14H19O5S-. The molecule has 5 nitrogen and oxygen atoms in total. The van der Waals surface area contributed by atoms with E-state index in [0.717, 1.165) is 5.56 Å². The first-order valence-electron chi connectivity index (χ1n) is 6.64. The topological polar surface area (TPSA) is 97.7 Å². The fraction of sp³-hybridized carbons (Fsp3) is 0.571. The number of hydrogen-bond donors (Lipinski definition) is 2. The molecule has 2 rings (SSSR count). The molecule has 2 atom stereocenters. The Morgan fingerprint density at radius 1 is 1.45 bits per heavy atom. The second-order valence-electron chi connectivity index (χ2n) is 5.64. The monoisotopic (exact) mass is 299 g/mol. The molecule has 1 saturated carbocycles. The summed E-state index contributed by atoms with van der Waals surface area (Å²) in [4.78, 5) is -0.286. The minimum atomic E-state index is -4.61. The fourth-order valence-electron chi connectivity index (χ4n) is 3.08. The van der Waals surface area contributed by atoms with Crippen molar-refractivity contribution in [2.45, 2.75) is 49.0 Å². The van der Waals surface area contributed by atoms with E-state index in [2.05, 4.69) is 0 Å². The summed E-state index contributed by atoms with van der Waals surface area (Å²) in [5.41, 5.74) is 0.310. The number of aliphatic hydroxyl groups excluding tert-OH is 2. The zero-order valence-corrected chi connectivity index (χ0v) is 12.2. The molecule has 1 aromatic carbocycles. The van der Waals surface area contributed by atoms with E-state index in [9.17, 15) is 23.2 Å². The van der Waals surface area contributed by atoms with E-state index >= 15 is 0 Å². The molecule has 0 spiro atoms. The van der Waals surface area contributed by atoms with Crippen LogP contribution in [0.4, 0.5) is 0 Å². The maximum atomic E-state index is 11.4. The van der Waals surface area contributed by atoms with Crippen LogP contribution in [-0.2, 0) is 15.5 Å². The number of rotatable bonds is 3. The molecule has 0 saturated heterocycles. The molecule has 0 aliphatic heterocycles. The van der Waals surface area contributed by atoms with Crippen molar-refractivity contribution in [2.75, 3.05) is 6.61 Å². The molecule has 1 aromatic rings. The van der Waals surface area contributed by atoms with Crippen molar-refractivity contribution in [2.24, 2.45) is 0 Å². The summed E-state index contributed by atoms with van der Waals surface area (Å²) in [6.45, 7) is 1.52. The fourth-order valence-corrected chi connectivity index (χ4v) is 3.86. The molecule has 2 N–H and O–H groups in total. The van der Waals surface area contributed by atoms with E-state index in [4.69, 9.17) is 0 Å². The smallest absolute Gasteiger partial charge is 0.124 e. The van der Waals surface area contributed by atoms with Gasteiger partial charge < -0.3 is 14.8 Å². The lowest BCUT2D eigenvalue weighted by molar-refractivity contribution is 0.0523. The maximum absolute atomic E-state index is 11.4. The van der Waals surface area contributed by atoms with Gasteiger partial charge >= 0.3 is 0 Å². The predicted molar refractivity (Wildman–Crippen MR) is 72.4 cm³/mol. The summed E-state index contributed by atoms with van der Waals surface area (Å²) < 4.78 is 34.3. The highest BCUT2D eigenvalue weighted by molar-refractivity contribution is 7.85. The third-order valence-corrected chi connectivity index (χ3v) is 4.99. The molecule has 0 heterocycles. The molecule has 6 heteroatoms. The Balaban J connectivity index is 2.62. The van der Waals surface area contributed by atoms with Crippen LogP contribution in [0.5, 0.6) is 0 Å². The molecule has 0 radical (unpaired) electrons. The number of aliphatic hydroxyl groups is 2. The third kappa shape index (κ3) is 2.88. The van der Waals surface area contributed by atoms with Gasteiger partial charge in [-0.1, -0.05) is 17.7 Å². The molecule has 0 aromatic heterocycles. The molecule has 0 amide bonds. The first kappa shape index (κ1) is 15.4. The van der Waals surface area contributed by atoms with Gasteiger partial charge in [0.2, 0.25) is 0 Å². The highest BCUT2D eigenvalue weighted by Gasteiger charge is 2.39. The van der Waals surface area contributed by atoms with Crippen LogP contribution in [0.15, 0.2) is 23.1 Å². The van der Waals surface area contributed by atoms with Crippen LogP contribution in [0.1, 0.15) is 36.8 Å². The van der Waals surface area contributed by atoms with Gasteiger partial charge in [0, 0.05) is 5.41 Å². The van der Waals surface area contributed by atoms with Gasteiger partial charge in [-0.2, -0.15) is 0 Å². The Kier molecular flexibility index (Phi) is 4.20. The first-order chi connectivity index (χ1) is 9.28. The minimum Gasteiger partial charge on any atom is -0.744 e. The molecule has 112 valence electrons. The SMILES string of the molecule is Cc1ccc(S(=O)(=O)[O-])c(C2(CO)CCCC(O)C2)c1. The van der Waals surface area contributed by atoms with Gasteiger partial charge in [0.15, 0.2) is 0 Å². The van der Waals surface area contributed by atoms with Crippen molar-refractivity contribution < 1.29 is 23.2 Å². The first-order valence-corrected chi connectivity index (χ1v) is 8.05. The van der Waals surface area contributed by atoms with E-state index in [-0.39, 0.29) is 17.9 Å². The van der Waals surface area contributed by atoms with Crippen LogP contribution < -0.4 is 0 Å². The lowest BCUT2D eigenvalue weighted by Gasteiger charge is -2.40. The van der Waals surface area contributed by atoms with Crippen LogP contribution in [0.3, 0.4) is 0 Å². The Morgan fingerprint density at radius 3 is 2.70 bits per heavy atom. The summed E-state index contributed by atoms with van der Waals surface area (Å²) in [6.07, 6.45) is 1.57. The van der Waals surface area contributed by atoms with E-state index in [1.807, 2.05) is 0 Å². The Morgan fingerprint density at radius 2 is 2.15 bits per heavy atom. The van der Waals surface area contributed by atoms with Crippen molar-refractivity contribution in [3.05, 3.63) is 29.3 Å². The van der Waals surface area contributed by atoms with Crippen molar-refractivity contribution in [3.63, 3.8) is 0 Å². The van der Waals surface area contributed by atoms with Gasteiger partial charge in [0.05, 0.1) is 17.6 Å². The number of benzene rings is 1. The van der Waals surface area contributed by atoms with Gasteiger partial charge in [-0.3, -0.25) is 0 Å². The quantitative estimate of drug-likeness (QED) is 0.813. The van der Waals surface area contributed by atoms with Gasteiger partial charge in [-0.05, 0) is 44.2 Å². The van der Waals surface area contributed by atoms with Gasteiger partial charge in [0.1, 0.15) is 10.1 Å². The van der Waals surface area contributed by atoms with E-state index in [1.165, 1.54) is 6.07 Å². The molecule has 1 fully saturated rings. The summed E-state index contributed by atoms with van der Waals surface area (Å²) in [5, 5.41) is 19.6. The van der Waals surface area contributed by atoms with Gasteiger partial charge in [-0.15, -0.1) is 0 Å². The highest BCUT2D eigenvalue weighted by Crippen LogP contribution is 2.42. The normalized spacial score (nSPS) is 27.5. The van der Waals surface area contributed by atoms with Crippen molar-refractivity contribution >= 4 is 10.1 Å². The van der Waals surface area contributed by atoms with E-state index in [0.29, 0.717) is 24.8 Å². The Bertz CT molecular complexity index is 596. The van der Waals surface area contributed by atoms with Crippen molar-refractivity contribution in [1.29, 1.82) is 0 Å². The third-order valence-electron chi connectivity index (χ3n) is 4.10. The average Bonchev–Trinajstić information content (AvgIpc) is 2.37. The molecule has 1 aliphatic carbocycles. The minimum absolute atomic E-state index is 0.273. The Labute approximate surface area is 119 Å². The lowest BCUT2D eigenvalue weighted by atomic mass is 9.69. The average molecular weight is 299 g/mol. The zero-order valence-electron chi connectivity index (χ0n) is 11.4. The summed E-state index contributed by atoms with van der Waals surface area (Å²) in [7, 11) is -4.61. The second-order valence-corrected chi connectivity index (χ2v) is 6.99. The Hall–Kier alpha value is -0.950.